The molecule has 2 N–H and O–H groups in total. The highest BCUT2D eigenvalue weighted by Crippen LogP contribution is 2.33. The van der Waals surface area contributed by atoms with Gasteiger partial charge in [0.2, 0.25) is 5.91 Å². The van der Waals surface area contributed by atoms with Gasteiger partial charge in [0.05, 0.1) is 16.4 Å². The second-order valence-corrected chi connectivity index (χ2v) is 7.68. The van der Waals surface area contributed by atoms with Crippen molar-refractivity contribution in [3.8, 4) is 0 Å². The third kappa shape index (κ3) is 4.22. The summed E-state index contributed by atoms with van der Waals surface area (Å²) in [7, 11) is 0. The van der Waals surface area contributed by atoms with E-state index in [0.29, 0.717) is 11.4 Å². The van der Waals surface area contributed by atoms with Gasteiger partial charge in [0.25, 0.3) is 5.91 Å². The highest BCUT2D eigenvalue weighted by Gasteiger charge is 2.30. The van der Waals surface area contributed by atoms with Crippen LogP contribution in [0.3, 0.4) is 0 Å². The van der Waals surface area contributed by atoms with Crippen molar-refractivity contribution >= 4 is 33.8 Å². The molecule has 0 radical (unpaired) electrons. The molecule has 0 spiro atoms. The minimum absolute atomic E-state index is 0.0474. The second-order valence-electron chi connectivity index (χ2n) is 6.63. The molecule has 1 fully saturated rings. The Bertz CT molecular complexity index is 959. The van der Waals surface area contributed by atoms with E-state index in [2.05, 4.69) is 20.7 Å². The predicted octanol–water partition coefficient (Wildman–Crippen LogP) is 3.30. The number of aryl methyl sites for hydroxylation is 1. The zero-order valence-electron chi connectivity index (χ0n) is 14.8. The summed E-state index contributed by atoms with van der Waals surface area (Å²) < 4.78 is 1.74. The lowest BCUT2D eigenvalue weighted by atomic mass is 10.2. The van der Waals surface area contributed by atoms with E-state index in [1.54, 1.807) is 11.0 Å². The highest BCUT2D eigenvalue weighted by molar-refractivity contribution is 7.18. The van der Waals surface area contributed by atoms with Crippen LogP contribution in [0, 0.1) is 12.8 Å². The molecule has 4 rings (SSSR count). The maximum absolute atomic E-state index is 12.6. The van der Waals surface area contributed by atoms with Gasteiger partial charge in [0.15, 0.2) is 0 Å². The summed E-state index contributed by atoms with van der Waals surface area (Å²) in [6.45, 7) is 2.50. The van der Waals surface area contributed by atoms with E-state index in [1.807, 2.05) is 37.3 Å². The SMILES string of the molecule is Cc1cc(NC(=O)C2CC2)sc1C(=O)Nc1ccc(Cn2cncn2)cc1. The smallest absolute Gasteiger partial charge is 0.266 e. The summed E-state index contributed by atoms with van der Waals surface area (Å²) in [5, 5.41) is 10.6. The van der Waals surface area contributed by atoms with Crippen molar-refractivity contribution in [2.75, 3.05) is 10.6 Å². The summed E-state index contributed by atoms with van der Waals surface area (Å²) >= 11 is 1.30. The average molecular weight is 381 g/mol. The van der Waals surface area contributed by atoms with Crippen LogP contribution in [0.2, 0.25) is 0 Å². The molecule has 8 heteroatoms. The number of nitrogens with one attached hydrogen (secondary N) is 2. The summed E-state index contributed by atoms with van der Waals surface area (Å²) in [5.74, 6) is 0.0142. The number of amides is 2. The number of carbonyl (C=O) groups is 2. The molecule has 1 aliphatic carbocycles. The van der Waals surface area contributed by atoms with Crippen LogP contribution in [-0.2, 0) is 11.3 Å². The third-order valence-corrected chi connectivity index (χ3v) is 5.49. The van der Waals surface area contributed by atoms with Crippen LogP contribution in [0.4, 0.5) is 10.7 Å². The second kappa shape index (κ2) is 7.32. The fraction of sp³-hybridized carbons (Fsp3) is 0.263. The van der Waals surface area contributed by atoms with Crippen LogP contribution in [0.5, 0.6) is 0 Å². The summed E-state index contributed by atoms with van der Waals surface area (Å²) in [6, 6.07) is 9.46. The van der Waals surface area contributed by atoms with Crippen molar-refractivity contribution in [1.29, 1.82) is 0 Å². The number of aromatic nitrogens is 3. The minimum Gasteiger partial charge on any atom is -0.321 e. The van der Waals surface area contributed by atoms with Gasteiger partial charge in [-0.2, -0.15) is 5.10 Å². The molecule has 0 atom stereocenters. The fourth-order valence-electron chi connectivity index (χ4n) is 2.72. The van der Waals surface area contributed by atoms with Crippen LogP contribution >= 0.6 is 11.3 Å². The Hall–Kier alpha value is -3.00. The molecule has 2 aromatic heterocycles. The summed E-state index contributed by atoms with van der Waals surface area (Å²) in [5.41, 5.74) is 2.64. The lowest BCUT2D eigenvalue weighted by Crippen LogP contribution is -2.12. The molecular weight excluding hydrogens is 362 g/mol. The topological polar surface area (TPSA) is 88.9 Å². The highest BCUT2D eigenvalue weighted by atomic mass is 32.1. The Kier molecular flexibility index (Phi) is 4.72. The molecule has 1 saturated carbocycles. The Morgan fingerprint density at radius 1 is 1.22 bits per heavy atom. The summed E-state index contributed by atoms with van der Waals surface area (Å²) in [6.07, 6.45) is 5.07. The maximum Gasteiger partial charge on any atom is 0.266 e. The van der Waals surface area contributed by atoms with Crippen LogP contribution in [0.1, 0.15) is 33.6 Å². The largest absolute Gasteiger partial charge is 0.321 e. The number of thiophene rings is 1. The molecule has 3 aromatic rings. The molecule has 0 unspecified atom stereocenters. The van der Waals surface area contributed by atoms with Crippen LogP contribution in [-0.4, -0.2) is 26.6 Å². The first kappa shape index (κ1) is 17.4. The average Bonchev–Trinajstić information content (AvgIpc) is 3.27. The molecule has 1 aliphatic rings. The van der Waals surface area contributed by atoms with Crippen molar-refractivity contribution in [2.24, 2.45) is 5.92 Å². The van der Waals surface area contributed by atoms with Gasteiger partial charge in [-0.05, 0) is 49.1 Å². The molecule has 27 heavy (non-hydrogen) atoms. The van der Waals surface area contributed by atoms with Crippen molar-refractivity contribution < 1.29 is 9.59 Å². The maximum atomic E-state index is 12.6. The number of nitrogens with zero attached hydrogens (tertiary/aromatic N) is 3. The molecule has 0 saturated heterocycles. The molecule has 2 amide bonds. The Labute approximate surface area is 160 Å². The zero-order chi connectivity index (χ0) is 18.8. The zero-order valence-corrected chi connectivity index (χ0v) is 15.6. The van der Waals surface area contributed by atoms with Gasteiger partial charge < -0.3 is 10.6 Å². The van der Waals surface area contributed by atoms with Gasteiger partial charge in [-0.15, -0.1) is 11.3 Å². The number of hydrogen-bond donors (Lipinski definition) is 2. The molecular formula is C19H19N5O2S. The Balaban J connectivity index is 1.39. The number of benzene rings is 1. The lowest BCUT2D eigenvalue weighted by Gasteiger charge is -2.06. The van der Waals surface area contributed by atoms with Crippen molar-refractivity contribution in [3.05, 3.63) is 59.0 Å². The van der Waals surface area contributed by atoms with Crippen molar-refractivity contribution in [3.63, 3.8) is 0 Å². The van der Waals surface area contributed by atoms with Crippen molar-refractivity contribution in [1.82, 2.24) is 14.8 Å². The third-order valence-electron chi connectivity index (χ3n) is 4.34. The summed E-state index contributed by atoms with van der Waals surface area (Å²) in [4.78, 5) is 29.0. The van der Waals surface area contributed by atoms with Crippen LogP contribution in [0.15, 0.2) is 43.0 Å². The first-order valence-corrected chi connectivity index (χ1v) is 9.54. The van der Waals surface area contributed by atoms with E-state index >= 15 is 0 Å². The van der Waals surface area contributed by atoms with Gasteiger partial charge >= 0.3 is 0 Å². The normalized spacial score (nSPS) is 13.4. The van der Waals surface area contributed by atoms with E-state index < -0.39 is 0 Å². The number of anilines is 2. The van der Waals surface area contributed by atoms with E-state index in [-0.39, 0.29) is 17.7 Å². The Morgan fingerprint density at radius 2 is 2.00 bits per heavy atom. The number of carbonyl (C=O) groups excluding carboxylic acids is 2. The van der Waals surface area contributed by atoms with Crippen LogP contribution < -0.4 is 10.6 Å². The monoisotopic (exact) mass is 381 g/mol. The van der Waals surface area contributed by atoms with E-state index in [4.69, 9.17) is 0 Å². The number of hydrogen-bond acceptors (Lipinski definition) is 5. The first-order chi connectivity index (χ1) is 13.1. The van der Waals surface area contributed by atoms with Crippen LogP contribution in [0.25, 0.3) is 0 Å². The molecule has 138 valence electrons. The van der Waals surface area contributed by atoms with E-state index in [0.717, 1.165) is 34.7 Å². The van der Waals surface area contributed by atoms with Crippen molar-refractivity contribution in [2.45, 2.75) is 26.3 Å². The lowest BCUT2D eigenvalue weighted by molar-refractivity contribution is -0.117. The van der Waals surface area contributed by atoms with E-state index in [1.165, 1.54) is 17.7 Å². The van der Waals surface area contributed by atoms with Gasteiger partial charge in [0.1, 0.15) is 12.7 Å². The molecule has 0 aliphatic heterocycles. The first-order valence-electron chi connectivity index (χ1n) is 8.72. The molecule has 0 bridgehead atoms. The van der Waals surface area contributed by atoms with E-state index in [9.17, 15) is 9.59 Å². The fourth-order valence-corrected chi connectivity index (χ4v) is 3.69. The quantitative estimate of drug-likeness (QED) is 0.686. The number of rotatable bonds is 6. The standard InChI is InChI=1S/C19H19N5O2S/c1-12-8-16(23-18(25)14-4-5-14)27-17(12)19(26)22-15-6-2-13(3-7-15)9-24-11-20-10-21-24/h2-3,6-8,10-11,14H,4-5,9H2,1H3,(H,22,26)(H,23,25). The van der Waals surface area contributed by atoms with Gasteiger partial charge in [-0.25, -0.2) is 9.67 Å². The Morgan fingerprint density at radius 3 is 2.67 bits per heavy atom. The van der Waals surface area contributed by atoms with Gasteiger partial charge in [-0.1, -0.05) is 12.1 Å². The molecule has 7 nitrogen and oxygen atoms in total. The molecule has 2 heterocycles. The predicted molar refractivity (Wildman–Crippen MR) is 104 cm³/mol. The van der Waals surface area contributed by atoms with Gasteiger partial charge in [-0.3, -0.25) is 9.59 Å². The van der Waals surface area contributed by atoms with Gasteiger partial charge in [0, 0.05) is 11.6 Å². The minimum atomic E-state index is -0.173. The molecule has 1 aromatic carbocycles.